The molecule has 0 radical (unpaired) electrons. The van der Waals surface area contributed by atoms with Crippen molar-refractivity contribution >= 4 is 30.4 Å². The molecule has 2 atom stereocenters. The Kier molecular flexibility index (Phi) is 21.4. The second-order valence-corrected chi connectivity index (χ2v) is 7.50. The highest BCUT2D eigenvalue weighted by Crippen LogP contribution is 2.16. The summed E-state index contributed by atoms with van der Waals surface area (Å²) in [7, 11) is 0. The Balaban J connectivity index is 0. The molecule has 6 heteroatoms. The van der Waals surface area contributed by atoms with E-state index in [1.54, 1.807) is 13.2 Å². The predicted molar refractivity (Wildman–Crippen MR) is 145 cm³/mol. The van der Waals surface area contributed by atoms with Crippen molar-refractivity contribution in [1.29, 1.82) is 0 Å². The fourth-order valence-corrected chi connectivity index (χ4v) is 3.00. The number of carboxylic acid groups (broad SMARTS) is 1. The number of anilines is 1. The Bertz CT molecular complexity index is 646. The zero-order chi connectivity index (χ0) is 24.8. The molecule has 0 fully saturated rings. The molecule has 2 unspecified atom stereocenters. The second-order valence-electron chi connectivity index (χ2n) is 7.50. The number of unbranched alkanes of at least 4 members (excludes halogenated alkanes) is 1. The predicted octanol–water partition coefficient (Wildman–Crippen LogP) is 5.78. The number of thiol groups is 1. The number of nitrogens with two attached hydrogens (primary N) is 2. The standard InChI is InChI=1S/C23H37N3O2.C2H6.CH4S/c1-3-19(18-24)12-7-5-4-6-10-17-26-23(2,22(27)28)16-11-14-20-13-8-9-15-21(20)25;2*1-2/h4,6,8-9,11,13-15,19,26H,3,5,7,10,12,16-18,24-25H2,1-2H3,(H,27,28);1-2H3;2H,1H3/b6-4-,14-11+;;. The number of carboxylic acids is 1. The van der Waals surface area contributed by atoms with Crippen LogP contribution < -0.4 is 16.8 Å². The Morgan fingerprint density at radius 1 is 1.19 bits per heavy atom. The lowest BCUT2D eigenvalue weighted by atomic mass is 9.96. The van der Waals surface area contributed by atoms with Crippen molar-refractivity contribution in [3.63, 3.8) is 0 Å². The molecule has 0 aliphatic rings. The Hall–Kier alpha value is -1.76. The van der Waals surface area contributed by atoms with Gasteiger partial charge in [-0.3, -0.25) is 4.79 Å². The summed E-state index contributed by atoms with van der Waals surface area (Å²) in [6.45, 7) is 9.29. The van der Waals surface area contributed by atoms with E-state index in [1.165, 1.54) is 6.42 Å². The van der Waals surface area contributed by atoms with Gasteiger partial charge in [0.25, 0.3) is 0 Å². The first kappa shape index (κ1) is 32.4. The largest absolute Gasteiger partial charge is 0.480 e. The maximum Gasteiger partial charge on any atom is 0.323 e. The van der Waals surface area contributed by atoms with Crippen LogP contribution in [0.1, 0.15) is 71.8 Å². The van der Waals surface area contributed by atoms with E-state index in [0.717, 1.165) is 37.8 Å². The van der Waals surface area contributed by atoms with Crippen molar-refractivity contribution < 1.29 is 9.90 Å². The maximum atomic E-state index is 11.7. The van der Waals surface area contributed by atoms with Crippen LogP contribution >= 0.6 is 12.6 Å². The molecule has 1 rings (SSSR count). The highest BCUT2D eigenvalue weighted by atomic mass is 32.1. The van der Waals surface area contributed by atoms with E-state index >= 15 is 0 Å². The molecule has 0 saturated carbocycles. The zero-order valence-electron chi connectivity index (χ0n) is 20.8. The smallest absolute Gasteiger partial charge is 0.323 e. The van der Waals surface area contributed by atoms with Gasteiger partial charge in [0, 0.05) is 5.69 Å². The minimum Gasteiger partial charge on any atom is -0.480 e. The molecule has 0 amide bonds. The number of allylic oxidation sites excluding steroid dienone is 1. The highest BCUT2D eigenvalue weighted by molar-refractivity contribution is 7.79. The minimum absolute atomic E-state index is 0.387. The number of para-hydroxylation sites is 1. The summed E-state index contributed by atoms with van der Waals surface area (Å²) < 4.78 is 0. The fourth-order valence-electron chi connectivity index (χ4n) is 3.00. The SMILES string of the molecule is CC.CCC(CN)CCC/C=C\CCNC(C)(C/C=C/c1ccccc1N)C(=O)O.CS. The number of hydrogen-bond acceptors (Lipinski definition) is 5. The van der Waals surface area contributed by atoms with Crippen molar-refractivity contribution in [3.05, 3.63) is 48.1 Å². The summed E-state index contributed by atoms with van der Waals surface area (Å²) in [5.74, 6) is -0.222. The van der Waals surface area contributed by atoms with Crippen LogP contribution in [0.2, 0.25) is 0 Å². The van der Waals surface area contributed by atoms with Crippen LogP contribution in [0.4, 0.5) is 5.69 Å². The minimum atomic E-state index is -0.997. The molecule has 0 aliphatic carbocycles. The van der Waals surface area contributed by atoms with E-state index < -0.39 is 11.5 Å². The third-order valence-electron chi connectivity index (χ3n) is 5.18. The number of nitrogen functional groups attached to an aromatic ring is 1. The van der Waals surface area contributed by atoms with Gasteiger partial charge < -0.3 is 21.9 Å². The summed E-state index contributed by atoms with van der Waals surface area (Å²) in [6, 6.07) is 7.54. The molecule has 0 heterocycles. The molecule has 0 aliphatic heterocycles. The monoisotopic (exact) mass is 465 g/mol. The van der Waals surface area contributed by atoms with Gasteiger partial charge in [-0.25, -0.2) is 0 Å². The van der Waals surface area contributed by atoms with E-state index in [-0.39, 0.29) is 0 Å². The Labute approximate surface area is 202 Å². The first-order valence-electron chi connectivity index (χ1n) is 11.7. The van der Waals surface area contributed by atoms with Crippen LogP contribution in [0.15, 0.2) is 42.5 Å². The van der Waals surface area contributed by atoms with Crippen LogP contribution in [0, 0.1) is 5.92 Å². The third-order valence-corrected chi connectivity index (χ3v) is 5.18. The fraction of sp³-hybridized carbons (Fsp3) is 0.577. The van der Waals surface area contributed by atoms with E-state index in [0.29, 0.717) is 24.6 Å². The quantitative estimate of drug-likeness (QED) is 0.104. The molecular formula is C26H47N3O2S. The van der Waals surface area contributed by atoms with Crippen LogP contribution in [0.5, 0.6) is 0 Å². The van der Waals surface area contributed by atoms with Crippen LogP contribution in [-0.4, -0.2) is 36.0 Å². The van der Waals surface area contributed by atoms with Gasteiger partial charge >= 0.3 is 5.97 Å². The van der Waals surface area contributed by atoms with Gasteiger partial charge in [-0.2, -0.15) is 12.6 Å². The summed E-state index contributed by atoms with van der Waals surface area (Å²) in [5, 5.41) is 12.8. The average Bonchev–Trinajstić information content (AvgIpc) is 2.82. The van der Waals surface area contributed by atoms with Crippen LogP contribution in [0.25, 0.3) is 6.08 Å². The maximum absolute atomic E-state index is 11.7. The molecule has 184 valence electrons. The Morgan fingerprint density at radius 3 is 2.38 bits per heavy atom. The van der Waals surface area contributed by atoms with Gasteiger partial charge in [0.15, 0.2) is 0 Å². The van der Waals surface area contributed by atoms with Gasteiger partial charge in [0.2, 0.25) is 0 Å². The lowest BCUT2D eigenvalue weighted by Crippen LogP contribution is -2.49. The van der Waals surface area contributed by atoms with E-state index in [4.69, 9.17) is 11.5 Å². The molecule has 5 nitrogen and oxygen atoms in total. The molecule has 1 aromatic rings. The number of benzene rings is 1. The molecule has 1 aromatic carbocycles. The summed E-state index contributed by atoms with van der Waals surface area (Å²) in [6.07, 6.45) is 15.5. The average molecular weight is 466 g/mol. The van der Waals surface area contributed by atoms with E-state index in [9.17, 15) is 9.90 Å². The van der Waals surface area contributed by atoms with Crippen molar-refractivity contribution in [2.45, 2.75) is 71.8 Å². The molecule has 0 saturated heterocycles. The van der Waals surface area contributed by atoms with Gasteiger partial charge in [-0.15, -0.1) is 0 Å². The second kappa shape index (κ2) is 21.1. The third kappa shape index (κ3) is 14.3. The molecule has 0 aromatic heterocycles. The van der Waals surface area contributed by atoms with Crippen molar-refractivity contribution in [2.24, 2.45) is 11.7 Å². The molecule has 0 bridgehead atoms. The van der Waals surface area contributed by atoms with Gasteiger partial charge in [0.1, 0.15) is 5.54 Å². The van der Waals surface area contributed by atoms with Crippen molar-refractivity contribution in [1.82, 2.24) is 5.32 Å². The number of rotatable bonds is 14. The zero-order valence-corrected chi connectivity index (χ0v) is 21.7. The van der Waals surface area contributed by atoms with Crippen LogP contribution in [-0.2, 0) is 4.79 Å². The van der Waals surface area contributed by atoms with Crippen LogP contribution in [0.3, 0.4) is 0 Å². The van der Waals surface area contributed by atoms with Gasteiger partial charge in [0.05, 0.1) is 0 Å². The lowest BCUT2D eigenvalue weighted by molar-refractivity contribution is -0.144. The van der Waals surface area contributed by atoms with Gasteiger partial charge in [-0.1, -0.05) is 69.7 Å². The first-order valence-corrected chi connectivity index (χ1v) is 12.6. The summed E-state index contributed by atoms with van der Waals surface area (Å²) in [5.41, 5.74) is 12.2. The number of hydrogen-bond donors (Lipinski definition) is 5. The first-order chi connectivity index (χ1) is 15.4. The summed E-state index contributed by atoms with van der Waals surface area (Å²) in [4.78, 5) is 11.7. The van der Waals surface area contributed by atoms with Crippen molar-refractivity contribution in [2.75, 3.05) is 25.1 Å². The van der Waals surface area contributed by atoms with E-state index in [2.05, 4.69) is 37.0 Å². The molecule has 0 spiro atoms. The highest BCUT2D eigenvalue weighted by Gasteiger charge is 2.30. The van der Waals surface area contributed by atoms with Crippen molar-refractivity contribution in [3.8, 4) is 0 Å². The molecule has 32 heavy (non-hydrogen) atoms. The number of nitrogens with one attached hydrogen (secondary N) is 1. The molecule has 6 N–H and O–H groups in total. The normalized spacial score (nSPS) is 13.6. The number of carbonyl (C=O) groups is 1. The summed E-state index contributed by atoms with van der Waals surface area (Å²) >= 11 is 3.53. The Morgan fingerprint density at radius 2 is 1.81 bits per heavy atom. The van der Waals surface area contributed by atoms with Gasteiger partial charge in [-0.05, 0) is 75.9 Å². The topological polar surface area (TPSA) is 101 Å². The number of aliphatic carboxylic acids is 1. The van der Waals surface area contributed by atoms with E-state index in [1.807, 2.05) is 50.3 Å². The molecular weight excluding hydrogens is 418 g/mol. The lowest BCUT2D eigenvalue weighted by Gasteiger charge is -2.24.